The summed E-state index contributed by atoms with van der Waals surface area (Å²) >= 11 is 20.0. The quantitative estimate of drug-likeness (QED) is 0.300. The zero-order valence-electron chi connectivity index (χ0n) is 17.9. The van der Waals surface area contributed by atoms with Gasteiger partial charge in [-0.05, 0) is 84.4 Å². The van der Waals surface area contributed by atoms with E-state index in [0.717, 1.165) is 5.56 Å². The number of likely N-dealkylation sites (N-methyl/N-ethyl adjacent to an activating group) is 1. The van der Waals surface area contributed by atoms with Crippen molar-refractivity contribution in [2.45, 2.75) is 13.5 Å². The fraction of sp³-hybridized carbons (Fsp3) is 0.120. The summed E-state index contributed by atoms with van der Waals surface area (Å²) in [5.41, 5.74) is 2.14. The Morgan fingerprint density at radius 2 is 1.68 bits per heavy atom. The minimum atomic E-state index is -0.346. The van der Waals surface area contributed by atoms with Crippen LogP contribution in [0, 0.1) is 5.82 Å². The Kier molecular flexibility index (Phi) is 7.84. The summed E-state index contributed by atoms with van der Waals surface area (Å²) < 4.78 is 19.0. The lowest BCUT2D eigenvalue weighted by molar-refractivity contribution is -0.122. The number of aliphatic imine (C=N–C) groups is 1. The highest BCUT2D eigenvalue weighted by Crippen LogP contribution is 2.38. The van der Waals surface area contributed by atoms with Gasteiger partial charge >= 0.3 is 0 Å². The zero-order chi connectivity index (χ0) is 24.2. The molecule has 0 unspecified atom stereocenters. The van der Waals surface area contributed by atoms with E-state index >= 15 is 0 Å². The Morgan fingerprint density at radius 3 is 2.29 bits per heavy atom. The predicted molar refractivity (Wildman–Crippen MR) is 139 cm³/mol. The standard InChI is InChI=1S/C25H18Cl3FN2O2S/c1-2-31-24(32)22(34-25(31)30-19-9-7-18(29)8-10-19)13-16-11-20(27)23(21(28)12-16)33-14-15-3-5-17(26)6-4-15/h3-13H,2,14H2,1H3/b22-13+,30-25?. The molecule has 0 aromatic heterocycles. The van der Waals surface area contributed by atoms with Crippen LogP contribution in [0.1, 0.15) is 18.1 Å². The highest BCUT2D eigenvalue weighted by molar-refractivity contribution is 8.18. The monoisotopic (exact) mass is 534 g/mol. The molecular weight excluding hydrogens is 518 g/mol. The van der Waals surface area contributed by atoms with Gasteiger partial charge in [0.1, 0.15) is 12.4 Å². The summed E-state index contributed by atoms with van der Waals surface area (Å²) in [5.74, 6) is -0.162. The second kappa shape index (κ2) is 10.8. The molecule has 4 rings (SSSR count). The van der Waals surface area contributed by atoms with Gasteiger partial charge in [-0.25, -0.2) is 9.38 Å². The second-order valence-corrected chi connectivity index (χ2v) is 9.52. The Balaban J connectivity index is 1.55. The Bertz CT molecular complexity index is 1260. The maximum Gasteiger partial charge on any atom is 0.266 e. The number of hydrogen-bond donors (Lipinski definition) is 0. The van der Waals surface area contributed by atoms with Crippen LogP contribution in [-0.4, -0.2) is 22.5 Å². The number of thioether (sulfide) groups is 1. The molecule has 34 heavy (non-hydrogen) atoms. The van der Waals surface area contributed by atoms with E-state index in [4.69, 9.17) is 39.5 Å². The van der Waals surface area contributed by atoms with Crippen molar-refractivity contribution in [3.8, 4) is 5.75 Å². The molecule has 1 heterocycles. The molecular formula is C25H18Cl3FN2O2S. The van der Waals surface area contributed by atoms with E-state index in [2.05, 4.69) is 4.99 Å². The molecule has 9 heteroatoms. The van der Waals surface area contributed by atoms with Crippen LogP contribution in [0.3, 0.4) is 0 Å². The summed E-state index contributed by atoms with van der Waals surface area (Å²) in [4.78, 5) is 19.4. The molecule has 0 N–H and O–H groups in total. The summed E-state index contributed by atoms with van der Waals surface area (Å²) in [6.07, 6.45) is 1.71. The van der Waals surface area contributed by atoms with E-state index in [9.17, 15) is 9.18 Å². The smallest absolute Gasteiger partial charge is 0.266 e. The van der Waals surface area contributed by atoms with E-state index in [0.29, 0.717) is 48.7 Å². The van der Waals surface area contributed by atoms with Crippen LogP contribution in [0.5, 0.6) is 5.75 Å². The predicted octanol–water partition coefficient (Wildman–Crippen LogP) is 7.99. The first-order valence-corrected chi connectivity index (χ1v) is 12.2. The Hall–Kier alpha value is -2.51. The molecule has 1 fully saturated rings. The van der Waals surface area contributed by atoms with Gasteiger partial charge in [0.15, 0.2) is 10.9 Å². The van der Waals surface area contributed by atoms with Gasteiger partial charge in [0.2, 0.25) is 0 Å². The Labute approximate surface area is 216 Å². The van der Waals surface area contributed by atoms with E-state index in [1.165, 1.54) is 23.9 Å². The largest absolute Gasteiger partial charge is 0.486 e. The molecule has 0 atom stereocenters. The first-order valence-electron chi connectivity index (χ1n) is 10.3. The molecule has 3 aromatic carbocycles. The number of ether oxygens (including phenoxy) is 1. The van der Waals surface area contributed by atoms with Crippen LogP contribution in [0.15, 0.2) is 70.6 Å². The normalized spacial score (nSPS) is 16.0. The third-order valence-electron chi connectivity index (χ3n) is 4.87. The minimum absolute atomic E-state index is 0.177. The van der Waals surface area contributed by atoms with Crippen LogP contribution in [0.2, 0.25) is 15.1 Å². The zero-order valence-corrected chi connectivity index (χ0v) is 21.0. The van der Waals surface area contributed by atoms with Crippen molar-refractivity contribution in [2.75, 3.05) is 6.54 Å². The van der Waals surface area contributed by atoms with Gasteiger partial charge in [0.05, 0.1) is 20.6 Å². The maximum absolute atomic E-state index is 13.2. The summed E-state index contributed by atoms with van der Waals surface area (Å²) in [6.45, 7) is 2.59. The molecule has 1 aliphatic heterocycles. The average molecular weight is 536 g/mol. The Morgan fingerprint density at radius 1 is 1.03 bits per heavy atom. The highest BCUT2D eigenvalue weighted by atomic mass is 35.5. The average Bonchev–Trinajstić information content (AvgIpc) is 3.09. The van der Waals surface area contributed by atoms with Crippen LogP contribution in [0.25, 0.3) is 6.08 Å². The van der Waals surface area contributed by atoms with Crippen molar-refractivity contribution in [3.63, 3.8) is 0 Å². The first-order chi connectivity index (χ1) is 16.3. The molecule has 3 aromatic rings. The van der Waals surface area contributed by atoms with Gasteiger partial charge in [-0.3, -0.25) is 9.69 Å². The summed E-state index contributed by atoms with van der Waals surface area (Å²) in [7, 11) is 0. The van der Waals surface area contributed by atoms with Crippen molar-refractivity contribution in [1.82, 2.24) is 4.90 Å². The number of amidine groups is 1. The first kappa shape index (κ1) is 24.6. The van der Waals surface area contributed by atoms with Crippen molar-refractivity contribution in [3.05, 3.63) is 97.6 Å². The van der Waals surface area contributed by atoms with Crippen molar-refractivity contribution < 1.29 is 13.9 Å². The van der Waals surface area contributed by atoms with Gasteiger partial charge in [-0.15, -0.1) is 0 Å². The molecule has 0 spiro atoms. The fourth-order valence-corrected chi connectivity index (χ4v) is 4.99. The lowest BCUT2D eigenvalue weighted by Gasteiger charge is -2.12. The van der Waals surface area contributed by atoms with E-state index in [-0.39, 0.29) is 18.3 Å². The number of rotatable bonds is 6. The van der Waals surface area contributed by atoms with Crippen molar-refractivity contribution >= 4 is 69.4 Å². The van der Waals surface area contributed by atoms with Gasteiger partial charge in [0.25, 0.3) is 5.91 Å². The minimum Gasteiger partial charge on any atom is -0.486 e. The van der Waals surface area contributed by atoms with E-state index < -0.39 is 0 Å². The van der Waals surface area contributed by atoms with Gasteiger partial charge in [-0.1, -0.05) is 46.9 Å². The number of carbonyl (C=O) groups is 1. The van der Waals surface area contributed by atoms with Gasteiger partial charge < -0.3 is 4.74 Å². The van der Waals surface area contributed by atoms with E-state index in [1.54, 1.807) is 47.4 Å². The molecule has 174 valence electrons. The molecule has 1 aliphatic rings. The molecule has 0 bridgehead atoms. The van der Waals surface area contributed by atoms with Crippen molar-refractivity contribution in [2.24, 2.45) is 4.99 Å². The molecule has 0 radical (unpaired) electrons. The number of carbonyl (C=O) groups excluding carboxylic acids is 1. The molecule has 0 saturated carbocycles. The fourth-order valence-electron chi connectivity index (χ4n) is 3.18. The third-order valence-corrected chi connectivity index (χ3v) is 6.69. The summed E-state index contributed by atoms with van der Waals surface area (Å²) in [6, 6.07) is 16.4. The van der Waals surface area contributed by atoms with Crippen molar-refractivity contribution in [1.29, 1.82) is 0 Å². The number of nitrogens with zero attached hydrogens (tertiary/aromatic N) is 2. The highest BCUT2D eigenvalue weighted by Gasteiger charge is 2.32. The molecule has 1 amide bonds. The van der Waals surface area contributed by atoms with Gasteiger partial charge in [0, 0.05) is 11.6 Å². The lowest BCUT2D eigenvalue weighted by Crippen LogP contribution is -2.28. The number of amides is 1. The molecule has 1 saturated heterocycles. The third kappa shape index (κ3) is 5.76. The molecule has 4 nitrogen and oxygen atoms in total. The number of hydrogen-bond acceptors (Lipinski definition) is 4. The maximum atomic E-state index is 13.2. The topological polar surface area (TPSA) is 41.9 Å². The van der Waals surface area contributed by atoms with Crippen LogP contribution < -0.4 is 4.74 Å². The van der Waals surface area contributed by atoms with Gasteiger partial charge in [-0.2, -0.15) is 0 Å². The van der Waals surface area contributed by atoms with Crippen LogP contribution in [0.4, 0.5) is 10.1 Å². The van der Waals surface area contributed by atoms with Crippen LogP contribution in [-0.2, 0) is 11.4 Å². The van der Waals surface area contributed by atoms with E-state index in [1.807, 2.05) is 19.1 Å². The second-order valence-electron chi connectivity index (χ2n) is 7.26. The summed E-state index contributed by atoms with van der Waals surface area (Å²) in [5, 5.41) is 1.82. The number of halogens is 4. The lowest BCUT2D eigenvalue weighted by atomic mass is 10.2. The van der Waals surface area contributed by atoms with Crippen LogP contribution >= 0.6 is 46.6 Å². The SMILES string of the molecule is CCN1C(=O)/C(=C\c2cc(Cl)c(OCc3ccc(Cl)cc3)c(Cl)c2)SC1=Nc1ccc(F)cc1. The number of benzene rings is 3. The molecule has 0 aliphatic carbocycles.